The van der Waals surface area contributed by atoms with E-state index in [0.717, 1.165) is 6.07 Å². The Morgan fingerprint density at radius 1 is 1.55 bits per heavy atom. The highest BCUT2D eigenvalue weighted by Gasteiger charge is 2.24. The van der Waals surface area contributed by atoms with Crippen molar-refractivity contribution >= 4 is 38.6 Å². The number of halogens is 1. The molecular weight excluding hydrogens is 328 g/mol. The molecular formula is C10H15ClN2O5S2. The highest BCUT2D eigenvalue weighted by molar-refractivity contribution is 7.91. The number of nitrogens with one attached hydrogen (secondary N) is 1. The molecule has 7 nitrogen and oxygen atoms in total. The minimum absolute atomic E-state index is 0.0883. The van der Waals surface area contributed by atoms with E-state index in [9.17, 15) is 18.5 Å². The van der Waals surface area contributed by atoms with Gasteiger partial charge in [-0.25, -0.2) is 13.1 Å². The van der Waals surface area contributed by atoms with Gasteiger partial charge < -0.3 is 4.74 Å². The molecule has 1 aromatic heterocycles. The zero-order chi connectivity index (χ0) is 15.3. The zero-order valence-corrected chi connectivity index (χ0v) is 13.3. The van der Waals surface area contributed by atoms with Gasteiger partial charge in [-0.1, -0.05) is 11.6 Å². The van der Waals surface area contributed by atoms with Crippen molar-refractivity contribution < 1.29 is 18.1 Å². The van der Waals surface area contributed by atoms with Crippen molar-refractivity contribution in [2.24, 2.45) is 0 Å². The van der Waals surface area contributed by atoms with E-state index < -0.39 is 20.6 Å². The van der Waals surface area contributed by atoms with Gasteiger partial charge in [-0.3, -0.25) is 10.1 Å². The first-order chi connectivity index (χ1) is 9.24. The molecule has 0 atom stereocenters. The summed E-state index contributed by atoms with van der Waals surface area (Å²) >= 11 is 6.29. The molecule has 0 aliphatic rings. The van der Waals surface area contributed by atoms with E-state index >= 15 is 0 Å². The normalized spacial score (nSPS) is 12.0. The molecule has 0 bridgehead atoms. The fraction of sp³-hybridized carbons (Fsp3) is 0.600. The van der Waals surface area contributed by atoms with Crippen molar-refractivity contribution in [2.45, 2.75) is 30.6 Å². The SMILES string of the molecule is CC(C)OCCCNS(=O)(=O)c1cc([N+](=O)[O-])c(Cl)s1. The molecule has 20 heavy (non-hydrogen) atoms. The molecule has 0 saturated carbocycles. The van der Waals surface area contributed by atoms with E-state index in [1.54, 1.807) is 0 Å². The third kappa shape index (κ3) is 4.98. The number of ether oxygens (including phenoxy) is 1. The summed E-state index contributed by atoms with van der Waals surface area (Å²) in [5.41, 5.74) is -0.403. The number of nitro groups is 1. The fourth-order valence-electron chi connectivity index (χ4n) is 1.26. The molecule has 0 fully saturated rings. The summed E-state index contributed by atoms with van der Waals surface area (Å²) in [6.45, 7) is 4.40. The van der Waals surface area contributed by atoms with Gasteiger partial charge >= 0.3 is 0 Å². The molecule has 0 amide bonds. The van der Waals surface area contributed by atoms with Crippen LogP contribution in [0.25, 0.3) is 0 Å². The minimum atomic E-state index is -3.77. The standard InChI is InChI=1S/C10H15ClN2O5S2/c1-7(2)18-5-3-4-12-20(16,17)9-6-8(13(14)15)10(11)19-9/h6-7,12H,3-5H2,1-2H3. The van der Waals surface area contributed by atoms with Crippen molar-refractivity contribution in [1.82, 2.24) is 4.72 Å². The van der Waals surface area contributed by atoms with Crippen LogP contribution in [0.1, 0.15) is 20.3 Å². The lowest BCUT2D eigenvalue weighted by molar-refractivity contribution is -0.384. The Bertz CT molecular complexity index is 570. The summed E-state index contributed by atoms with van der Waals surface area (Å²) in [5.74, 6) is 0. The van der Waals surface area contributed by atoms with E-state index in [1.165, 1.54) is 0 Å². The summed E-state index contributed by atoms with van der Waals surface area (Å²) in [7, 11) is -3.77. The quantitative estimate of drug-likeness (QED) is 0.444. The van der Waals surface area contributed by atoms with Crippen LogP contribution in [-0.4, -0.2) is 32.6 Å². The molecule has 0 unspecified atom stereocenters. The lowest BCUT2D eigenvalue weighted by Gasteiger charge is -2.07. The maximum Gasteiger partial charge on any atom is 0.300 e. The van der Waals surface area contributed by atoms with Crippen LogP contribution in [-0.2, 0) is 14.8 Å². The average Bonchev–Trinajstić information content (AvgIpc) is 2.71. The lowest BCUT2D eigenvalue weighted by atomic mass is 10.4. The molecule has 0 radical (unpaired) electrons. The second-order valence-electron chi connectivity index (χ2n) is 4.15. The van der Waals surface area contributed by atoms with Gasteiger partial charge in [0.1, 0.15) is 4.21 Å². The van der Waals surface area contributed by atoms with Crippen LogP contribution in [0.2, 0.25) is 4.34 Å². The zero-order valence-electron chi connectivity index (χ0n) is 11.0. The van der Waals surface area contributed by atoms with E-state index in [4.69, 9.17) is 16.3 Å². The van der Waals surface area contributed by atoms with Crippen LogP contribution in [0.4, 0.5) is 5.69 Å². The molecule has 0 spiro atoms. The summed E-state index contributed by atoms with van der Waals surface area (Å²) in [6.07, 6.45) is 0.601. The van der Waals surface area contributed by atoms with Crippen molar-refractivity contribution in [3.8, 4) is 0 Å². The Morgan fingerprint density at radius 2 is 2.20 bits per heavy atom. The molecule has 0 aliphatic carbocycles. The van der Waals surface area contributed by atoms with Gasteiger partial charge in [0, 0.05) is 19.2 Å². The Kier molecular flexibility index (Phi) is 6.34. The van der Waals surface area contributed by atoms with Crippen LogP contribution < -0.4 is 4.72 Å². The van der Waals surface area contributed by atoms with Crippen molar-refractivity contribution in [3.05, 3.63) is 20.5 Å². The van der Waals surface area contributed by atoms with Gasteiger partial charge in [-0.05, 0) is 20.3 Å². The third-order valence-corrected chi connectivity index (χ3v) is 5.44. The number of hydrogen-bond donors (Lipinski definition) is 1. The Hall–Kier alpha value is -0.740. The second-order valence-corrected chi connectivity index (χ2v) is 7.80. The van der Waals surface area contributed by atoms with E-state index in [-0.39, 0.29) is 21.2 Å². The molecule has 10 heteroatoms. The topological polar surface area (TPSA) is 98.5 Å². The maximum atomic E-state index is 11.9. The number of hydrogen-bond acceptors (Lipinski definition) is 6. The number of sulfonamides is 1. The highest BCUT2D eigenvalue weighted by Crippen LogP contribution is 2.35. The van der Waals surface area contributed by atoms with E-state index in [1.807, 2.05) is 13.8 Å². The van der Waals surface area contributed by atoms with Gasteiger partial charge in [0.05, 0.1) is 11.0 Å². The minimum Gasteiger partial charge on any atom is -0.379 e. The lowest BCUT2D eigenvalue weighted by Crippen LogP contribution is -2.25. The largest absolute Gasteiger partial charge is 0.379 e. The number of rotatable bonds is 8. The van der Waals surface area contributed by atoms with Gasteiger partial charge in [0.2, 0.25) is 10.0 Å². The predicted molar refractivity (Wildman–Crippen MR) is 76.9 cm³/mol. The number of nitrogens with zero attached hydrogens (tertiary/aromatic N) is 1. The molecule has 1 rings (SSSR count). The Morgan fingerprint density at radius 3 is 2.70 bits per heavy atom. The van der Waals surface area contributed by atoms with E-state index in [0.29, 0.717) is 24.4 Å². The van der Waals surface area contributed by atoms with Gasteiger partial charge in [-0.2, -0.15) is 0 Å². The first-order valence-corrected chi connectivity index (χ1v) is 8.47. The third-order valence-electron chi connectivity index (χ3n) is 2.17. The highest BCUT2D eigenvalue weighted by atomic mass is 35.5. The molecule has 0 aliphatic heterocycles. The van der Waals surface area contributed by atoms with Gasteiger partial charge in [-0.15, -0.1) is 11.3 Å². The van der Waals surface area contributed by atoms with Crippen LogP contribution in [0, 0.1) is 10.1 Å². The summed E-state index contributed by atoms with van der Waals surface area (Å²) in [6, 6.07) is 0.958. The monoisotopic (exact) mass is 342 g/mol. The van der Waals surface area contributed by atoms with Gasteiger partial charge in [0.15, 0.2) is 4.34 Å². The molecule has 1 N–H and O–H groups in total. The van der Waals surface area contributed by atoms with Crippen molar-refractivity contribution in [2.75, 3.05) is 13.2 Å². The molecule has 0 aromatic carbocycles. The fourth-order valence-corrected chi connectivity index (χ4v) is 4.05. The molecule has 0 saturated heterocycles. The molecule has 1 aromatic rings. The van der Waals surface area contributed by atoms with Crippen LogP contribution >= 0.6 is 22.9 Å². The Balaban J connectivity index is 2.61. The molecule has 114 valence electrons. The van der Waals surface area contributed by atoms with Crippen LogP contribution in [0.5, 0.6) is 0 Å². The second kappa shape index (κ2) is 7.32. The van der Waals surface area contributed by atoms with Crippen molar-refractivity contribution in [3.63, 3.8) is 0 Å². The van der Waals surface area contributed by atoms with Crippen LogP contribution in [0.15, 0.2) is 10.3 Å². The predicted octanol–water partition coefficient (Wildman–Crippen LogP) is 2.40. The summed E-state index contributed by atoms with van der Waals surface area (Å²) in [4.78, 5) is 9.91. The summed E-state index contributed by atoms with van der Waals surface area (Å²) in [5, 5.41) is 10.6. The molecule has 1 heterocycles. The smallest absolute Gasteiger partial charge is 0.300 e. The van der Waals surface area contributed by atoms with E-state index in [2.05, 4.69) is 4.72 Å². The number of thiophene rings is 1. The maximum absolute atomic E-state index is 11.9. The Labute approximate surface area is 126 Å². The van der Waals surface area contributed by atoms with Gasteiger partial charge in [0.25, 0.3) is 5.69 Å². The van der Waals surface area contributed by atoms with Crippen LogP contribution in [0.3, 0.4) is 0 Å². The average molecular weight is 343 g/mol. The first-order valence-electron chi connectivity index (χ1n) is 5.79. The van der Waals surface area contributed by atoms with Crippen molar-refractivity contribution in [1.29, 1.82) is 0 Å². The first kappa shape index (κ1) is 17.3. The summed E-state index contributed by atoms with van der Waals surface area (Å²) < 4.78 is 31.1.